The number of rotatable bonds is 2. The topological polar surface area (TPSA) is 45.5 Å². The Morgan fingerprint density at radius 3 is 2.50 bits per heavy atom. The number of aldehydes is 1. The highest BCUT2D eigenvalue weighted by Gasteiger charge is 2.29. The molecule has 1 aliphatic rings. The zero-order valence-corrected chi connectivity index (χ0v) is 12.0. The highest BCUT2D eigenvalue weighted by atomic mass is 16.3. The molecule has 22 heavy (non-hydrogen) atoms. The third-order valence-electron chi connectivity index (χ3n) is 4.21. The molecule has 0 aliphatic carbocycles. The van der Waals surface area contributed by atoms with Crippen LogP contribution in [0, 0.1) is 0 Å². The van der Waals surface area contributed by atoms with Gasteiger partial charge in [-0.15, -0.1) is 0 Å². The molecule has 0 saturated heterocycles. The molecule has 4 nitrogen and oxygen atoms in total. The van der Waals surface area contributed by atoms with Crippen LogP contribution in [0.5, 0.6) is 0 Å². The van der Waals surface area contributed by atoms with Crippen LogP contribution in [0.1, 0.15) is 10.4 Å². The lowest BCUT2D eigenvalue weighted by Crippen LogP contribution is -2.38. The summed E-state index contributed by atoms with van der Waals surface area (Å²) in [7, 11) is 0. The van der Waals surface area contributed by atoms with Gasteiger partial charge in [0.25, 0.3) is 0 Å². The number of nitrogens with zero attached hydrogens (tertiary/aromatic N) is 2. The van der Waals surface area contributed by atoms with Gasteiger partial charge in [0.05, 0.1) is 30.3 Å². The average Bonchev–Trinajstić information content (AvgIpc) is 2.88. The number of β-amino-alcohol motifs (C(OH)–C–C–N with tert-alkyl or cyclic N) is 1. The van der Waals surface area contributed by atoms with Crippen molar-refractivity contribution in [1.29, 1.82) is 0 Å². The highest BCUT2D eigenvalue weighted by Crippen LogP contribution is 2.38. The molecule has 1 atom stereocenters. The van der Waals surface area contributed by atoms with Crippen LogP contribution >= 0.6 is 0 Å². The fourth-order valence-electron chi connectivity index (χ4n) is 3.31. The van der Waals surface area contributed by atoms with E-state index in [4.69, 9.17) is 0 Å². The Labute approximate surface area is 128 Å². The summed E-state index contributed by atoms with van der Waals surface area (Å²) in [4.78, 5) is 13.7. The van der Waals surface area contributed by atoms with E-state index in [1.165, 1.54) is 0 Å². The van der Waals surface area contributed by atoms with Crippen molar-refractivity contribution in [2.24, 2.45) is 0 Å². The van der Waals surface area contributed by atoms with Gasteiger partial charge in [0.1, 0.15) is 5.82 Å². The van der Waals surface area contributed by atoms with Crippen molar-refractivity contribution in [3.05, 3.63) is 60.2 Å². The van der Waals surface area contributed by atoms with Gasteiger partial charge < -0.3 is 14.6 Å². The van der Waals surface area contributed by atoms with E-state index in [0.29, 0.717) is 18.7 Å². The van der Waals surface area contributed by atoms with Gasteiger partial charge in [-0.3, -0.25) is 4.79 Å². The highest BCUT2D eigenvalue weighted by molar-refractivity contribution is 6.05. The predicted octanol–water partition coefficient (Wildman–Crippen LogP) is 2.97. The Hall–Kier alpha value is -2.59. The van der Waals surface area contributed by atoms with Crippen LogP contribution in [0.3, 0.4) is 0 Å². The first-order valence-electron chi connectivity index (χ1n) is 7.36. The number of carbonyl (C=O) groups excluding carboxylic acids is 1. The molecule has 2 heterocycles. The van der Waals surface area contributed by atoms with E-state index in [9.17, 15) is 9.90 Å². The average molecular weight is 292 g/mol. The fourth-order valence-corrected chi connectivity index (χ4v) is 3.31. The summed E-state index contributed by atoms with van der Waals surface area (Å²) in [5, 5.41) is 11.2. The monoisotopic (exact) mass is 292 g/mol. The maximum absolute atomic E-state index is 11.7. The standard InChI is InChI=1S/C18H16N2O2/c21-12-16-15-8-4-5-9-17(15)20-11-14(22)10-19(18(16)20)13-6-2-1-3-7-13/h1-9,12,14,22H,10-11H2. The number of para-hydroxylation sites is 2. The van der Waals surface area contributed by atoms with Crippen LogP contribution in [-0.4, -0.2) is 28.6 Å². The molecule has 1 N–H and O–H groups in total. The number of hydrogen-bond acceptors (Lipinski definition) is 3. The van der Waals surface area contributed by atoms with Gasteiger partial charge >= 0.3 is 0 Å². The second-order valence-electron chi connectivity index (χ2n) is 5.58. The molecule has 0 radical (unpaired) electrons. The molecule has 2 aromatic carbocycles. The maximum Gasteiger partial charge on any atom is 0.154 e. The van der Waals surface area contributed by atoms with Crippen molar-refractivity contribution in [2.75, 3.05) is 11.4 Å². The molecule has 1 aromatic heterocycles. The molecule has 0 saturated carbocycles. The number of carbonyl (C=O) groups is 1. The van der Waals surface area contributed by atoms with Gasteiger partial charge in [0, 0.05) is 11.1 Å². The van der Waals surface area contributed by atoms with E-state index in [0.717, 1.165) is 28.7 Å². The zero-order chi connectivity index (χ0) is 15.1. The lowest BCUT2D eigenvalue weighted by atomic mass is 10.1. The Balaban J connectivity index is 2.02. The zero-order valence-electron chi connectivity index (χ0n) is 12.0. The van der Waals surface area contributed by atoms with E-state index < -0.39 is 6.10 Å². The molecule has 1 unspecified atom stereocenters. The van der Waals surface area contributed by atoms with Crippen molar-refractivity contribution < 1.29 is 9.90 Å². The van der Waals surface area contributed by atoms with E-state index >= 15 is 0 Å². The lowest BCUT2D eigenvalue weighted by molar-refractivity contribution is 0.112. The largest absolute Gasteiger partial charge is 0.389 e. The summed E-state index contributed by atoms with van der Waals surface area (Å²) >= 11 is 0. The molecule has 4 rings (SSSR count). The number of aromatic nitrogens is 1. The molecule has 0 fully saturated rings. The van der Waals surface area contributed by atoms with Crippen molar-refractivity contribution in [2.45, 2.75) is 12.6 Å². The number of aliphatic hydroxyl groups excluding tert-OH is 1. The van der Waals surface area contributed by atoms with Crippen LogP contribution in [0.2, 0.25) is 0 Å². The molecule has 110 valence electrons. The van der Waals surface area contributed by atoms with Crippen LogP contribution < -0.4 is 4.90 Å². The Bertz CT molecular complexity index is 839. The number of anilines is 2. The molecule has 0 spiro atoms. The van der Waals surface area contributed by atoms with Crippen molar-refractivity contribution in [3.63, 3.8) is 0 Å². The Morgan fingerprint density at radius 1 is 1.00 bits per heavy atom. The Kier molecular flexibility index (Phi) is 2.98. The fraction of sp³-hybridized carbons (Fsp3) is 0.167. The number of aliphatic hydroxyl groups is 1. The van der Waals surface area contributed by atoms with Crippen LogP contribution in [0.25, 0.3) is 10.9 Å². The maximum atomic E-state index is 11.7. The van der Waals surface area contributed by atoms with Crippen LogP contribution in [0.15, 0.2) is 54.6 Å². The third kappa shape index (κ3) is 1.84. The second kappa shape index (κ2) is 5.00. The number of fused-ring (bicyclic) bond motifs is 3. The van der Waals surface area contributed by atoms with Gasteiger partial charge in [0.15, 0.2) is 6.29 Å². The summed E-state index contributed by atoms with van der Waals surface area (Å²) in [6.07, 6.45) is 0.449. The quantitative estimate of drug-likeness (QED) is 0.739. The van der Waals surface area contributed by atoms with Crippen LogP contribution in [0.4, 0.5) is 11.5 Å². The minimum atomic E-state index is -0.469. The van der Waals surface area contributed by atoms with Gasteiger partial charge in [0.2, 0.25) is 0 Å². The summed E-state index contributed by atoms with van der Waals surface area (Å²) in [6, 6.07) is 17.7. The van der Waals surface area contributed by atoms with Crippen molar-refractivity contribution >= 4 is 28.7 Å². The molecule has 0 amide bonds. The number of benzene rings is 2. The molecular formula is C18H16N2O2. The first-order valence-corrected chi connectivity index (χ1v) is 7.36. The minimum Gasteiger partial charge on any atom is -0.389 e. The third-order valence-corrected chi connectivity index (χ3v) is 4.21. The van der Waals surface area contributed by atoms with E-state index in [1.54, 1.807) is 0 Å². The van der Waals surface area contributed by atoms with Gasteiger partial charge in [-0.05, 0) is 18.2 Å². The van der Waals surface area contributed by atoms with E-state index in [-0.39, 0.29) is 0 Å². The summed E-state index contributed by atoms with van der Waals surface area (Å²) in [5.41, 5.74) is 2.65. The van der Waals surface area contributed by atoms with E-state index in [2.05, 4.69) is 0 Å². The van der Waals surface area contributed by atoms with Gasteiger partial charge in [-0.2, -0.15) is 0 Å². The first-order chi connectivity index (χ1) is 10.8. The smallest absolute Gasteiger partial charge is 0.154 e. The molecule has 4 heteroatoms. The molecule has 1 aliphatic heterocycles. The SMILES string of the molecule is O=Cc1c2n(c3ccccc13)CC(O)CN2c1ccccc1. The second-order valence-corrected chi connectivity index (χ2v) is 5.58. The predicted molar refractivity (Wildman–Crippen MR) is 86.8 cm³/mol. The van der Waals surface area contributed by atoms with Crippen LogP contribution in [-0.2, 0) is 6.54 Å². The van der Waals surface area contributed by atoms with Gasteiger partial charge in [-0.25, -0.2) is 0 Å². The molecular weight excluding hydrogens is 276 g/mol. The van der Waals surface area contributed by atoms with Crippen molar-refractivity contribution in [1.82, 2.24) is 4.57 Å². The van der Waals surface area contributed by atoms with Crippen molar-refractivity contribution in [3.8, 4) is 0 Å². The molecule has 3 aromatic rings. The first kappa shape index (κ1) is 13.1. The van der Waals surface area contributed by atoms with E-state index in [1.807, 2.05) is 64.1 Å². The summed E-state index contributed by atoms with van der Waals surface area (Å²) in [5.74, 6) is 0.868. The lowest BCUT2D eigenvalue weighted by Gasteiger charge is -2.34. The summed E-state index contributed by atoms with van der Waals surface area (Å²) in [6.45, 7) is 0.994. The summed E-state index contributed by atoms with van der Waals surface area (Å²) < 4.78 is 2.04. The Morgan fingerprint density at radius 2 is 1.73 bits per heavy atom. The molecule has 0 bridgehead atoms. The minimum absolute atomic E-state index is 0.469. The number of hydrogen-bond donors (Lipinski definition) is 1. The normalized spacial score (nSPS) is 17.5. The van der Waals surface area contributed by atoms with Gasteiger partial charge in [-0.1, -0.05) is 36.4 Å².